The van der Waals surface area contributed by atoms with Gasteiger partial charge in [0.2, 0.25) is 0 Å². The lowest BCUT2D eigenvalue weighted by Gasteiger charge is -2.35. The van der Waals surface area contributed by atoms with Crippen molar-refractivity contribution in [2.24, 2.45) is 0 Å². The Morgan fingerprint density at radius 2 is 1.13 bits per heavy atom. The second-order valence-electron chi connectivity index (χ2n) is 5.73. The van der Waals surface area contributed by atoms with Crippen LogP contribution in [-0.2, 0) is 4.12 Å². The summed E-state index contributed by atoms with van der Waals surface area (Å²) >= 11 is 8.93. The zero-order chi connectivity index (χ0) is 12.3. The Morgan fingerprint density at radius 3 is 1.33 bits per heavy atom. The molecule has 0 amide bonds. The lowest BCUT2D eigenvalue weighted by Crippen LogP contribution is -2.46. The molecule has 0 saturated carbocycles. The summed E-state index contributed by atoms with van der Waals surface area (Å²) in [5.41, 5.74) is 0. The van der Waals surface area contributed by atoms with E-state index < -0.39 is 16.6 Å². The average molecular weight is 283 g/mol. The van der Waals surface area contributed by atoms with E-state index in [1.54, 1.807) is 0 Å². The van der Waals surface area contributed by atoms with E-state index in [1.807, 2.05) is 0 Å². The van der Waals surface area contributed by atoms with Gasteiger partial charge in [-0.2, -0.15) is 25.3 Å². The summed E-state index contributed by atoms with van der Waals surface area (Å²) in [7, 11) is -3.03. The lowest BCUT2D eigenvalue weighted by atomic mass is 10.6. The Hall–Kier alpha value is 1.09. The number of hydrogen-bond donors (Lipinski definition) is 2. The highest BCUT2D eigenvalue weighted by Crippen LogP contribution is 2.25. The molecule has 0 aromatic rings. The molecule has 2 unspecified atom stereocenters. The summed E-state index contributed by atoms with van der Waals surface area (Å²) < 4.78 is 6.43. The zero-order valence-electron chi connectivity index (χ0n) is 10.9. The third kappa shape index (κ3) is 8.86. The van der Waals surface area contributed by atoms with Gasteiger partial charge in [-0.3, -0.25) is 0 Å². The molecule has 0 spiro atoms. The quantitative estimate of drug-likeness (QED) is 0.552. The topological polar surface area (TPSA) is 9.23 Å². The molecular formula is C10H26OS2Si2. The van der Waals surface area contributed by atoms with Crippen LogP contribution in [0.25, 0.3) is 0 Å². The van der Waals surface area contributed by atoms with Crippen LogP contribution in [0.5, 0.6) is 0 Å². The van der Waals surface area contributed by atoms with Crippen molar-refractivity contribution in [3.8, 4) is 0 Å². The van der Waals surface area contributed by atoms with Crippen molar-refractivity contribution < 1.29 is 4.12 Å². The van der Waals surface area contributed by atoms with Crippen LogP contribution in [0.2, 0.25) is 38.3 Å². The smallest absolute Gasteiger partial charge is 0.174 e. The molecule has 0 N–H and O–H groups in total. The second kappa shape index (κ2) is 6.14. The molecular weight excluding hydrogens is 256 g/mol. The van der Waals surface area contributed by atoms with Gasteiger partial charge in [-0.05, 0) is 48.8 Å². The minimum atomic E-state index is -1.52. The van der Waals surface area contributed by atoms with Crippen LogP contribution < -0.4 is 0 Å². The lowest BCUT2D eigenvalue weighted by molar-refractivity contribution is 0.536. The summed E-state index contributed by atoms with van der Waals surface area (Å²) in [6.45, 7) is 13.5. The molecule has 5 heteroatoms. The molecule has 0 radical (unpaired) electrons. The van der Waals surface area contributed by atoms with E-state index in [0.29, 0.717) is 10.5 Å². The third-order valence-electron chi connectivity index (χ3n) is 2.13. The van der Waals surface area contributed by atoms with Crippen LogP contribution in [0, 0.1) is 0 Å². The fourth-order valence-corrected chi connectivity index (χ4v) is 14.4. The molecule has 0 saturated heterocycles. The Labute approximate surface area is 108 Å². The van der Waals surface area contributed by atoms with Crippen molar-refractivity contribution in [2.45, 2.75) is 62.6 Å². The maximum absolute atomic E-state index is 6.43. The van der Waals surface area contributed by atoms with Crippen molar-refractivity contribution in [2.75, 3.05) is 0 Å². The maximum atomic E-state index is 6.43. The summed E-state index contributed by atoms with van der Waals surface area (Å²) in [6, 6.07) is 2.26. The third-order valence-corrected chi connectivity index (χ3v) is 10.8. The van der Waals surface area contributed by atoms with E-state index in [2.05, 4.69) is 65.3 Å². The molecule has 15 heavy (non-hydrogen) atoms. The fraction of sp³-hybridized carbons (Fsp3) is 1.00. The molecule has 0 aliphatic carbocycles. The van der Waals surface area contributed by atoms with Gasteiger partial charge in [0, 0.05) is 0 Å². The summed E-state index contributed by atoms with van der Waals surface area (Å²) in [6.07, 6.45) is 0. The molecule has 0 fully saturated rings. The minimum absolute atomic E-state index is 0.449. The number of hydrogen-bond acceptors (Lipinski definition) is 3. The summed E-state index contributed by atoms with van der Waals surface area (Å²) in [5, 5.41) is 0.898. The summed E-state index contributed by atoms with van der Waals surface area (Å²) in [5.74, 6) is 0. The Kier molecular flexibility index (Phi) is 6.59. The highest BCUT2D eigenvalue weighted by Gasteiger charge is 2.34. The van der Waals surface area contributed by atoms with Gasteiger partial charge in [0.1, 0.15) is 0 Å². The van der Waals surface area contributed by atoms with Crippen LogP contribution >= 0.6 is 25.3 Å². The van der Waals surface area contributed by atoms with Crippen molar-refractivity contribution in [3.63, 3.8) is 0 Å². The van der Waals surface area contributed by atoms with Gasteiger partial charge in [0.15, 0.2) is 16.6 Å². The number of thiol groups is 2. The fourth-order valence-electron chi connectivity index (χ4n) is 2.25. The molecule has 92 valence electrons. The molecule has 0 aliphatic rings. The number of rotatable bonds is 6. The van der Waals surface area contributed by atoms with E-state index >= 15 is 0 Å². The van der Waals surface area contributed by atoms with E-state index in [-0.39, 0.29) is 0 Å². The monoisotopic (exact) mass is 282 g/mol. The maximum Gasteiger partial charge on any atom is 0.174 e. The molecule has 0 aromatic heterocycles. The Bertz CT molecular complexity index is 174. The van der Waals surface area contributed by atoms with Gasteiger partial charge in [0.25, 0.3) is 0 Å². The molecule has 0 rings (SSSR count). The average Bonchev–Trinajstić information content (AvgIpc) is 1.73. The van der Waals surface area contributed by atoms with Gasteiger partial charge in [-0.25, -0.2) is 0 Å². The van der Waals surface area contributed by atoms with Crippen molar-refractivity contribution in [3.05, 3.63) is 0 Å². The first-order valence-electron chi connectivity index (χ1n) is 5.60. The van der Waals surface area contributed by atoms with Crippen LogP contribution in [0.4, 0.5) is 0 Å². The minimum Gasteiger partial charge on any atom is -0.455 e. The van der Waals surface area contributed by atoms with Crippen LogP contribution in [0.3, 0.4) is 0 Å². The molecule has 0 aromatic carbocycles. The standard InChI is InChI=1S/C10H26OS2Si2/c1-9(12)7-14(3,4)11-15(5,6)8-10(2)13/h9-10,12-13H,7-8H2,1-6H3. The van der Waals surface area contributed by atoms with Crippen LogP contribution in [-0.4, -0.2) is 27.1 Å². The first-order chi connectivity index (χ1) is 6.54. The molecule has 0 heterocycles. The van der Waals surface area contributed by atoms with Crippen LogP contribution in [0.15, 0.2) is 0 Å². The van der Waals surface area contributed by atoms with E-state index in [1.165, 1.54) is 0 Å². The van der Waals surface area contributed by atoms with Gasteiger partial charge >= 0.3 is 0 Å². The SMILES string of the molecule is CC(S)C[Si](C)(C)O[Si](C)(C)CC(C)S. The molecule has 0 bridgehead atoms. The van der Waals surface area contributed by atoms with Crippen LogP contribution in [0.1, 0.15) is 13.8 Å². The zero-order valence-corrected chi connectivity index (χ0v) is 14.7. The predicted molar refractivity (Wildman–Crippen MR) is 82.6 cm³/mol. The van der Waals surface area contributed by atoms with E-state index in [4.69, 9.17) is 4.12 Å². The molecule has 1 nitrogen and oxygen atoms in total. The Morgan fingerprint density at radius 1 is 0.867 bits per heavy atom. The van der Waals surface area contributed by atoms with Gasteiger partial charge in [-0.1, -0.05) is 13.8 Å². The highest BCUT2D eigenvalue weighted by molar-refractivity contribution is 7.81. The van der Waals surface area contributed by atoms with E-state index in [9.17, 15) is 0 Å². The predicted octanol–water partition coefficient (Wildman–Crippen LogP) is 4.05. The van der Waals surface area contributed by atoms with Crippen molar-refractivity contribution >= 4 is 41.9 Å². The van der Waals surface area contributed by atoms with Gasteiger partial charge in [-0.15, -0.1) is 0 Å². The highest BCUT2D eigenvalue weighted by atomic mass is 32.1. The van der Waals surface area contributed by atoms with Crippen molar-refractivity contribution in [1.82, 2.24) is 0 Å². The normalized spacial score (nSPS) is 17.6. The van der Waals surface area contributed by atoms with Gasteiger partial charge < -0.3 is 4.12 Å². The summed E-state index contributed by atoms with van der Waals surface area (Å²) in [4.78, 5) is 0. The second-order valence-corrected chi connectivity index (χ2v) is 16.2. The first kappa shape index (κ1) is 16.1. The van der Waals surface area contributed by atoms with E-state index in [0.717, 1.165) is 12.1 Å². The molecule has 2 atom stereocenters. The van der Waals surface area contributed by atoms with Gasteiger partial charge in [0.05, 0.1) is 0 Å². The molecule has 0 aliphatic heterocycles. The Balaban J connectivity index is 4.29. The first-order valence-corrected chi connectivity index (χ1v) is 12.9. The van der Waals surface area contributed by atoms with Crippen molar-refractivity contribution in [1.29, 1.82) is 0 Å². The largest absolute Gasteiger partial charge is 0.455 e.